The van der Waals surface area contributed by atoms with Crippen LogP contribution in [-0.4, -0.2) is 60.8 Å². The van der Waals surface area contributed by atoms with E-state index in [0.29, 0.717) is 24.2 Å². The third-order valence-corrected chi connectivity index (χ3v) is 9.41. The summed E-state index contributed by atoms with van der Waals surface area (Å²) < 4.78 is 5.60. The molecule has 0 aromatic heterocycles. The van der Waals surface area contributed by atoms with Crippen molar-refractivity contribution < 1.29 is 28.7 Å². The first-order valence-electron chi connectivity index (χ1n) is 19.0. The monoisotopic (exact) mass is 767 g/mol. The van der Waals surface area contributed by atoms with E-state index in [0.717, 1.165) is 11.1 Å². The zero-order chi connectivity index (χ0) is 40.4. The van der Waals surface area contributed by atoms with Crippen LogP contribution in [0, 0.1) is 6.92 Å². The largest absolute Gasteiger partial charge is 0.484 e. The van der Waals surface area contributed by atoms with Crippen LogP contribution in [0.3, 0.4) is 0 Å². The van der Waals surface area contributed by atoms with E-state index in [4.69, 9.17) is 10.5 Å². The Labute approximate surface area is 333 Å². The minimum atomic E-state index is -1.04. The molecule has 0 fully saturated rings. The number of hydrogen-bond donors (Lipinski definition) is 5. The minimum Gasteiger partial charge on any atom is -0.484 e. The van der Waals surface area contributed by atoms with Gasteiger partial charge in [-0.3, -0.25) is 24.0 Å². The van der Waals surface area contributed by atoms with Gasteiger partial charge in [0.15, 0.2) is 6.61 Å². The standard InChI is InChI=1S/C33H37N5O6.C13H12/c34-31(41)28-19-24-11-15-25(16-12-24)44-21-30(40)37-26(17-13-22-7-3-1-4-8-22)32(42)35-20-29(39)36-27(33(43)38-28)18-14-23-9-5-2-6-10-23;1-11-7-9-13(10-8-11)12-5-3-2-4-6-12/h1-12,15-16,26-28H,13-14,17-21H2,(H2,34,41)(H,35,42)(H,36,39)(H,37,40)(H,38,43);2-10H,1H3/t26-,27-,28+;/m1./s1. The van der Waals surface area contributed by atoms with Gasteiger partial charge in [-0.2, -0.15) is 0 Å². The van der Waals surface area contributed by atoms with E-state index in [1.807, 2.05) is 66.7 Å². The molecule has 5 amide bonds. The highest BCUT2D eigenvalue weighted by atomic mass is 16.5. The summed E-state index contributed by atoms with van der Waals surface area (Å²) in [6.45, 7) is 1.35. The van der Waals surface area contributed by atoms with Crippen molar-refractivity contribution in [2.45, 2.75) is 57.2 Å². The summed E-state index contributed by atoms with van der Waals surface area (Å²) in [5, 5.41) is 10.6. The number of nitrogens with one attached hydrogen (secondary N) is 4. The Balaban J connectivity index is 0.000000400. The quantitative estimate of drug-likeness (QED) is 0.145. The predicted molar refractivity (Wildman–Crippen MR) is 220 cm³/mol. The number of aryl methyl sites for hydroxylation is 3. The maximum Gasteiger partial charge on any atom is 0.258 e. The summed E-state index contributed by atoms with van der Waals surface area (Å²) in [5.41, 5.74) is 12.1. The lowest BCUT2D eigenvalue weighted by atomic mass is 10.0. The second kappa shape index (κ2) is 21.4. The second-order valence-electron chi connectivity index (χ2n) is 13.8. The lowest BCUT2D eigenvalue weighted by Gasteiger charge is -2.23. The van der Waals surface area contributed by atoms with Crippen molar-refractivity contribution >= 4 is 29.5 Å². The molecule has 2 heterocycles. The van der Waals surface area contributed by atoms with Crippen LogP contribution in [0.15, 0.2) is 140 Å². The maximum absolute atomic E-state index is 13.4. The molecule has 2 aliphatic heterocycles. The molecule has 0 saturated heterocycles. The predicted octanol–water partition coefficient (Wildman–Crippen LogP) is 4.61. The molecule has 0 spiro atoms. The lowest BCUT2D eigenvalue weighted by Crippen LogP contribution is -2.55. The minimum absolute atomic E-state index is 0.111. The van der Waals surface area contributed by atoms with Gasteiger partial charge in [0.1, 0.15) is 23.9 Å². The Hall–Kier alpha value is -6.75. The molecule has 5 aromatic carbocycles. The summed E-state index contributed by atoms with van der Waals surface area (Å²) in [6.07, 6.45) is 1.62. The van der Waals surface area contributed by atoms with E-state index >= 15 is 0 Å². The number of hydrogen-bond acceptors (Lipinski definition) is 6. The number of amides is 5. The van der Waals surface area contributed by atoms with Crippen LogP contribution < -0.4 is 31.7 Å². The Bertz CT molecular complexity index is 2060. The molecule has 11 nitrogen and oxygen atoms in total. The van der Waals surface area contributed by atoms with Crippen LogP contribution in [0.2, 0.25) is 0 Å². The first kappa shape index (κ1) is 41.4. The highest BCUT2D eigenvalue weighted by molar-refractivity contribution is 5.94. The fourth-order valence-corrected chi connectivity index (χ4v) is 6.20. The van der Waals surface area contributed by atoms with Crippen molar-refractivity contribution in [3.8, 4) is 16.9 Å². The average Bonchev–Trinajstić information content (AvgIpc) is 3.23. The molecule has 11 heteroatoms. The van der Waals surface area contributed by atoms with E-state index in [1.165, 1.54) is 16.7 Å². The number of nitrogens with two attached hydrogens (primary N) is 1. The van der Waals surface area contributed by atoms with E-state index < -0.39 is 54.2 Å². The molecule has 6 N–H and O–H groups in total. The number of carbonyl (C=O) groups excluding carboxylic acids is 5. The molecule has 294 valence electrons. The molecule has 2 bridgehead atoms. The number of fused-ring (bicyclic) bond motifs is 16. The van der Waals surface area contributed by atoms with Gasteiger partial charge in [0.05, 0.1) is 6.54 Å². The number of ether oxygens (including phenoxy) is 1. The molecule has 0 aliphatic carbocycles. The first-order valence-corrected chi connectivity index (χ1v) is 19.0. The normalized spacial score (nSPS) is 17.7. The van der Waals surface area contributed by atoms with E-state index in [9.17, 15) is 24.0 Å². The summed E-state index contributed by atoms with van der Waals surface area (Å²) in [6, 6.07) is 41.7. The van der Waals surface area contributed by atoms with Crippen LogP contribution in [0.25, 0.3) is 11.1 Å². The highest BCUT2D eigenvalue weighted by Gasteiger charge is 2.27. The summed E-state index contributed by atoms with van der Waals surface area (Å²) in [4.78, 5) is 64.5. The molecule has 0 saturated carbocycles. The lowest BCUT2D eigenvalue weighted by molar-refractivity contribution is -0.132. The molecule has 57 heavy (non-hydrogen) atoms. The Kier molecular flexibility index (Phi) is 15.5. The van der Waals surface area contributed by atoms with Gasteiger partial charge < -0.3 is 31.7 Å². The molecule has 0 unspecified atom stereocenters. The third kappa shape index (κ3) is 13.8. The van der Waals surface area contributed by atoms with E-state index in [1.54, 1.807) is 24.3 Å². The van der Waals surface area contributed by atoms with Crippen molar-refractivity contribution in [2.75, 3.05) is 13.2 Å². The highest BCUT2D eigenvalue weighted by Crippen LogP contribution is 2.19. The van der Waals surface area contributed by atoms with Crippen LogP contribution >= 0.6 is 0 Å². The average molecular weight is 768 g/mol. The zero-order valence-corrected chi connectivity index (χ0v) is 32.0. The Morgan fingerprint density at radius 3 is 1.68 bits per heavy atom. The van der Waals surface area contributed by atoms with Gasteiger partial charge in [0.2, 0.25) is 23.6 Å². The van der Waals surface area contributed by atoms with Gasteiger partial charge in [-0.1, -0.05) is 133 Å². The van der Waals surface area contributed by atoms with Crippen molar-refractivity contribution in [1.82, 2.24) is 21.3 Å². The van der Waals surface area contributed by atoms with Crippen molar-refractivity contribution in [2.24, 2.45) is 5.73 Å². The number of benzene rings is 5. The summed E-state index contributed by atoms with van der Waals surface area (Å²) in [7, 11) is 0. The van der Waals surface area contributed by atoms with E-state index in [-0.39, 0.29) is 25.9 Å². The second-order valence-corrected chi connectivity index (χ2v) is 13.8. The van der Waals surface area contributed by atoms with Gasteiger partial charge in [-0.15, -0.1) is 0 Å². The zero-order valence-electron chi connectivity index (χ0n) is 32.0. The van der Waals surface area contributed by atoms with Gasteiger partial charge >= 0.3 is 0 Å². The fourth-order valence-electron chi connectivity index (χ4n) is 6.20. The molecule has 7 rings (SSSR count). The molecular weight excluding hydrogens is 719 g/mol. The number of primary amides is 1. The van der Waals surface area contributed by atoms with Crippen molar-refractivity contribution in [3.63, 3.8) is 0 Å². The molecule has 0 radical (unpaired) electrons. The topological polar surface area (TPSA) is 169 Å². The SMILES string of the molecule is Cc1ccc(-c2ccccc2)cc1.NC(=O)[C@@H]1Cc2ccc(cc2)OCC(=O)N[C@H](CCc2ccccc2)C(=O)NCC(=O)N[C@H](CCc2ccccc2)C(=O)N1. The summed E-state index contributed by atoms with van der Waals surface area (Å²) >= 11 is 0. The molecule has 3 atom stereocenters. The van der Waals surface area contributed by atoms with Gasteiger partial charge in [0.25, 0.3) is 5.91 Å². The number of carbonyl (C=O) groups is 5. The molecular formula is C46H49N5O6. The maximum atomic E-state index is 13.4. The number of rotatable bonds is 8. The fraction of sp³-hybridized carbons (Fsp3) is 0.239. The summed E-state index contributed by atoms with van der Waals surface area (Å²) in [5.74, 6) is -2.56. The van der Waals surface area contributed by atoms with Crippen LogP contribution in [-0.2, 0) is 43.2 Å². The van der Waals surface area contributed by atoms with Gasteiger partial charge in [-0.05, 0) is 72.6 Å². The molecule has 2 aliphatic rings. The third-order valence-electron chi connectivity index (χ3n) is 9.41. The van der Waals surface area contributed by atoms with Crippen molar-refractivity contribution in [1.29, 1.82) is 0 Å². The molecule has 5 aromatic rings. The van der Waals surface area contributed by atoms with Gasteiger partial charge in [-0.25, -0.2) is 0 Å². The Morgan fingerprint density at radius 2 is 1.12 bits per heavy atom. The smallest absolute Gasteiger partial charge is 0.258 e. The van der Waals surface area contributed by atoms with Crippen LogP contribution in [0.4, 0.5) is 0 Å². The first-order chi connectivity index (χ1) is 27.6. The van der Waals surface area contributed by atoms with E-state index in [2.05, 4.69) is 76.7 Å². The Morgan fingerprint density at radius 1 is 0.614 bits per heavy atom. The van der Waals surface area contributed by atoms with Crippen LogP contribution in [0.5, 0.6) is 5.75 Å². The van der Waals surface area contributed by atoms with Crippen LogP contribution in [0.1, 0.15) is 35.1 Å². The van der Waals surface area contributed by atoms with Crippen molar-refractivity contribution in [3.05, 3.63) is 162 Å². The van der Waals surface area contributed by atoms with Gasteiger partial charge in [0, 0.05) is 6.42 Å².